The first-order valence-electron chi connectivity index (χ1n) is 7.17. The van der Waals surface area contributed by atoms with Gasteiger partial charge in [0.05, 0.1) is 0 Å². The number of carbonyl (C=O) groups is 2. The number of nitrogens with zero attached hydrogens (tertiary/aromatic N) is 1. The van der Waals surface area contributed by atoms with E-state index in [1.807, 2.05) is 31.2 Å². The summed E-state index contributed by atoms with van der Waals surface area (Å²) >= 11 is 0. The summed E-state index contributed by atoms with van der Waals surface area (Å²) in [6.07, 6.45) is 0. The van der Waals surface area contributed by atoms with Crippen LogP contribution in [0.2, 0.25) is 0 Å². The number of benzene rings is 2. The molecule has 1 fully saturated rings. The first-order chi connectivity index (χ1) is 10.6. The molecule has 2 aromatic carbocycles. The molecule has 5 heteroatoms. The van der Waals surface area contributed by atoms with Gasteiger partial charge >= 0.3 is 6.03 Å². The van der Waals surface area contributed by atoms with E-state index >= 15 is 0 Å². The van der Waals surface area contributed by atoms with Gasteiger partial charge in [0.2, 0.25) is 0 Å². The number of rotatable bonds is 3. The highest BCUT2D eigenvalue weighted by Crippen LogP contribution is 2.20. The standard InChI is InChI=1S/C17H17N3O2/c1-12-2-4-13(5-3-12)16(21)19-14-6-8-15(9-7-14)20-11-10-18-17(20)22/h2-9H,10-11H2,1H3,(H,18,22)(H,19,21). The Kier molecular flexibility index (Phi) is 3.78. The zero-order valence-corrected chi connectivity index (χ0v) is 12.3. The number of amides is 3. The SMILES string of the molecule is Cc1ccc(C(=O)Nc2ccc(N3CCNC3=O)cc2)cc1. The number of urea groups is 1. The van der Waals surface area contributed by atoms with Gasteiger partial charge in [0, 0.05) is 30.0 Å². The van der Waals surface area contributed by atoms with E-state index in [4.69, 9.17) is 0 Å². The van der Waals surface area contributed by atoms with E-state index in [0.717, 1.165) is 11.3 Å². The summed E-state index contributed by atoms with van der Waals surface area (Å²) in [5.41, 5.74) is 3.26. The Morgan fingerprint density at radius 1 is 1.09 bits per heavy atom. The molecule has 1 aliphatic heterocycles. The lowest BCUT2D eigenvalue weighted by Gasteiger charge is -2.14. The van der Waals surface area contributed by atoms with Gasteiger partial charge in [-0.2, -0.15) is 0 Å². The number of anilines is 2. The zero-order valence-electron chi connectivity index (χ0n) is 12.3. The molecular weight excluding hydrogens is 278 g/mol. The van der Waals surface area contributed by atoms with E-state index in [-0.39, 0.29) is 11.9 Å². The average Bonchev–Trinajstić information content (AvgIpc) is 2.95. The normalized spacial score (nSPS) is 13.9. The van der Waals surface area contributed by atoms with Crippen LogP contribution in [0.5, 0.6) is 0 Å². The third-order valence-electron chi connectivity index (χ3n) is 3.61. The molecule has 5 nitrogen and oxygen atoms in total. The van der Waals surface area contributed by atoms with Crippen molar-refractivity contribution in [2.75, 3.05) is 23.3 Å². The van der Waals surface area contributed by atoms with Crippen molar-refractivity contribution in [3.05, 3.63) is 59.7 Å². The Bertz CT molecular complexity index is 693. The minimum atomic E-state index is -0.147. The van der Waals surface area contributed by atoms with Crippen LogP contribution in [0.1, 0.15) is 15.9 Å². The first-order valence-corrected chi connectivity index (χ1v) is 7.17. The molecule has 22 heavy (non-hydrogen) atoms. The fraction of sp³-hybridized carbons (Fsp3) is 0.176. The van der Waals surface area contributed by atoms with E-state index in [1.165, 1.54) is 0 Å². The second kappa shape index (κ2) is 5.89. The quantitative estimate of drug-likeness (QED) is 0.914. The van der Waals surface area contributed by atoms with Gasteiger partial charge in [-0.25, -0.2) is 4.79 Å². The molecule has 0 spiro atoms. The van der Waals surface area contributed by atoms with Gasteiger partial charge in [-0.15, -0.1) is 0 Å². The summed E-state index contributed by atoms with van der Waals surface area (Å²) in [6, 6.07) is 14.6. The van der Waals surface area contributed by atoms with Crippen LogP contribution in [0.15, 0.2) is 48.5 Å². The second-order valence-electron chi connectivity index (χ2n) is 5.25. The van der Waals surface area contributed by atoms with Gasteiger partial charge in [0.15, 0.2) is 0 Å². The van der Waals surface area contributed by atoms with Crippen molar-refractivity contribution in [1.29, 1.82) is 0 Å². The van der Waals surface area contributed by atoms with Gasteiger partial charge in [-0.05, 0) is 43.3 Å². The lowest BCUT2D eigenvalue weighted by Crippen LogP contribution is -2.27. The van der Waals surface area contributed by atoms with Crippen LogP contribution in [-0.4, -0.2) is 25.0 Å². The van der Waals surface area contributed by atoms with Crippen molar-refractivity contribution in [3.8, 4) is 0 Å². The van der Waals surface area contributed by atoms with Crippen molar-refractivity contribution in [3.63, 3.8) is 0 Å². The molecule has 3 rings (SSSR count). The Morgan fingerprint density at radius 3 is 2.36 bits per heavy atom. The van der Waals surface area contributed by atoms with Crippen molar-refractivity contribution >= 4 is 23.3 Å². The highest BCUT2D eigenvalue weighted by atomic mass is 16.2. The van der Waals surface area contributed by atoms with Gasteiger partial charge < -0.3 is 10.6 Å². The highest BCUT2D eigenvalue weighted by molar-refractivity contribution is 6.04. The number of hydrogen-bond acceptors (Lipinski definition) is 2. The van der Waals surface area contributed by atoms with Gasteiger partial charge in [0.1, 0.15) is 0 Å². The summed E-state index contributed by atoms with van der Waals surface area (Å²) in [7, 11) is 0. The minimum Gasteiger partial charge on any atom is -0.336 e. The van der Waals surface area contributed by atoms with Crippen molar-refractivity contribution in [1.82, 2.24) is 5.32 Å². The van der Waals surface area contributed by atoms with Gasteiger partial charge in [-0.1, -0.05) is 17.7 Å². The number of aryl methyl sites for hydroxylation is 1. The largest absolute Gasteiger partial charge is 0.336 e. The van der Waals surface area contributed by atoms with Crippen LogP contribution in [0.25, 0.3) is 0 Å². The lowest BCUT2D eigenvalue weighted by atomic mass is 10.1. The smallest absolute Gasteiger partial charge is 0.321 e. The predicted molar refractivity (Wildman–Crippen MR) is 86.3 cm³/mol. The van der Waals surface area contributed by atoms with Gasteiger partial charge in [-0.3, -0.25) is 9.69 Å². The molecule has 0 unspecified atom stereocenters. The Labute approximate surface area is 128 Å². The van der Waals surface area contributed by atoms with E-state index < -0.39 is 0 Å². The summed E-state index contributed by atoms with van der Waals surface area (Å²) in [4.78, 5) is 25.4. The fourth-order valence-corrected chi connectivity index (χ4v) is 2.35. The summed E-state index contributed by atoms with van der Waals surface area (Å²) in [5.74, 6) is -0.147. The van der Waals surface area contributed by atoms with E-state index in [9.17, 15) is 9.59 Å². The molecule has 2 aromatic rings. The number of hydrogen-bond donors (Lipinski definition) is 2. The Balaban J connectivity index is 1.69. The van der Waals surface area contributed by atoms with Crippen LogP contribution in [0.3, 0.4) is 0 Å². The summed E-state index contributed by atoms with van der Waals surface area (Å²) in [6.45, 7) is 3.30. The molecule has 1 saturated heterocycles. The van der Waals surface area contributed by atoms with Gasteiger partial charge in [0.25, 0.3) is 5.91 Å². The summed E-state index contributed by atoms with van der Waals surface area (Å²) in [5, 5.41) is 5.61. The van der Waals surface area contributed by atoms with Crippen molar-refractivity contribution in [2.45, 2.75) is 6.92 Å². The maximum atomic E-state index is 12.1. The van der Waals surface area contributed by atoms with Crippen LogP contribution < -0.4 is 15.5 Å². The molecule has 1 aliphatic rings. The van der Waals surface area contributed by atoms with Crippen LogP contribution in [0.4, 0.5) is 16.2 Å². The number of nitrogens with one attached hydrogen (secondary N) is 2. The lowest BCUT2D eigenvalue weighted by molar-refractivity contribution is 0.102. The minimum absolute atomic E-state index is 0.0866. The number of carbonyl (C=O) groups excluding carboxylic acids is 2. The fourth-order valence-electron chi connectivity index (χ4n) is 2.35. The topological polar surface area (TPSA) is 61.4 Å². The maximum absolute atomic E-state index is 12.1. The first kappa shape index (κ1) is 14.1. The molecule has 0 saturated carbocycles. The third kappa shape index (κ3) is 2.93. The van der Waals surface area contributed by atoms with E-state index in [0.29, 0.717) is 24.3 Å². The van der Waals surface area contributed by atoms with Crippen LogP contribution >= 0.6 is 0 Å². The Hall–Kier alpha value is -2.82. The molecule has 112 valence electrons. The molecule has 0 radical (unpaired) electrons. The van der Waals surface area contributed by atoms with Crippen molar-refractivity contribution < 1.29 is 9.59 Å². The summed E-state index contributed by atoms with van der Waals surface area (Å²) < 4.78 is 0. The molecular formula is C17H17N3O2. The zero-order chi connectivity index (χ0) is 15.5. The molecule has 3 amide bonds. The second-order valence-corrected chi connectivity index (χ2v) is 5.25. The monoisotopic (exact) mass is 295 g/mol. The molecule has 1 heterocycles. The molecule has 0 atom stereocenters. The van der Waals surface area contributed by atoms with E-state index in [2.05, 4.69) is 10.6 Å². The van der Waals surface area contributed by atoms with Crippen LogP contribution in [0, 0.1) is 6.92 Å². The van der Waals surface area contributed by atoms with Crippen molar-refractivity contribution in [2.24, 2.45) is 0 Å². The van der Waals surface area contributed by atoms with Crippen LogP contribution in [-0.2, 0) is 0 Å². The highest BCUT2D eigenvalue weighted by Gasteiger charge is 2.20. The Morgan fingerprint density at radius 2 is 1.77 bits per heavy atom. The molecule has 2 N–H and O–H groups in total. The predicted octanol–water partition coefficient (Wildman–Crippen LogP) is 2.78. The molecule has 0 aliphatic carbocycles. The van der Waals surface area contributed by atoms with E-state index in [1.54, 1.807) is 29.2 Å². The molecule has 0 aromatic heterocycles. The maximum Gasteiger partial charge on any atom is 0.321 e. The third-order valence-corrected chi connectivity index (χ3v) is 3.61. The molecule has 0 bridgehead atoms. The average molecular weight is 295 g/mol.